The Labute approximate surface area is 100 Å². The van der Waals surface area contributed by atoms with Gasteiger partial charge in [-0.2, -0.15) is 0 Å². The maximum atomic E-state index is 5.88. The third-order valence-corrected chi connectivity index (χ3v) is 4.13. The molecule has 0 amide bonds. The van der Waals surface area contributed by atoms with Gasteiger partial charge in [-0.3, -0.25) is 0 Å². The van der Waals surface area contributed by atoms with Crippen LogP contribution in [0.15, 0.2) is 0 Å². The number of ether oxygens (including phenoxy) is 1. The number of hydrogen-bond acceptors (Lipinski definition) is 3. The number of rotatable bonds is 6. The van der Waals surface area contributed by atoms with Crippen molar-refractivity contribution in [3.8, 4) is 0 Å². The van der Waals surface area contributed by atoms with Gasteiger partial charge in [-0.1, -0.05) is 12.8 Å². The van der Waals surface area contributed by atoms with E-state index in [-0.39, 0.29) is 0 Å². The highest BCUT2D eigenvalue weighted by molar-refractivity contribution is 4.84. The van der Waals surface area contributed by atoms with Gasteiger partial charge in [0.05, 0.1) is 0 Å². The molecule has 0 radical (unpaired) electrons. The Balaban J connectivity index is 2.45. The number of nitrogens with two attached hydrogens (primary N) is 1. The van der Waals surface area contributed by atoms with Gasteiger partial charge in [0.1, 0.15) is 0 Å². The molecule has 1 aliphatic rings. The fourth-order valence-corrected chi connectivity index (χ4v) is 2.82. The van der Waals surface area contributed by atoms with Gasteiger partial charge in [-0.15, -0.1) is 0 Å². The second kappa shape index (κ2) is 7.25. The monoisotopic (exact) mass is 228 g/mol. The van der Waals surface area contributed by atoms with Crippen LogP contribution in [0.1, 0.15) is 39.0 Å². The molecule has 3 heteroatoms. The number of methoxy groups -OCH3 is 1. The molecular formula is C13H28N2O. The lowest BCUT2D eigenvalue weighted by Gasteiger charge is -2.40. The van der Waals surface area contributed by atoms with Crippen LogP contribution in [0.3, 0.4) is 0 Å². The van der Waals surface area contributed by atoms with Crippen molar-refractivity contribution in [2.75, 3.05) is 27.3 Å². The second-order valence-corrected chi connectivity index (χ2v) is 5.14. The molecule has 0 spiro atoms. The van der Waals surface area contributed by atoms with Crippen molar-refractivity contribution in [3.63, 3.8) is 0 Å². The van der Waals surface area contributed by atoms with Gasteiger partial charge in [0.15, 0.2) is 0 Å². The molecule has 1 aliphatic carbocycles. The van der Waals surface area contributed by atoms with Gasteiger partial charge < -0.3 is 15.4 Å². The van der Waals surface area contributed by atoms with Crippen LogP contribution in [-0.2, 0) is 4.74 Å². The summed E-state index contributed by atoms with van der Waals surface area (Å²) in [5.74, 6) is 0.698. The molecule has 0 bridgehead atoms. The first-order valence-electron chi connectivity index (χ1n) is 6.61. The molecule has 2 N–H and O–H groups in total. The average Bonchev–Trinajstić information content (AvgIpc) is 2.34. The quantitative estimate of drug-likeness (QED) is 0.754. The summed E-state index contributed by atoms with van der Waals surface area (Å²) in [6.07, 6.45) is 6.46. The smallest absolute Gasteiger partial charge is 0.0477 e. The van der Waals surface area contributed by atoms with E-state index in [2.05, 4.69) is 18.9 Å². The topological polar surface area (TPSA) is 38.5 Å². The lowest BCUT2D eigenvalue weighted by Crippen LogP contribution is -2.47. The highest BCUT2D eigenvalue weighted by Gasteiger charge is 2.29. The summed E-state index contributed by atoms with van der Waals surface area (Å²) in [4.78, 5) is 2.52. The molecule has 1 rings (SSSR count). The molecule has 0 saturated heterocycles. The number of hydrogen-bond donors (Lipinski definition) is 1. The molecule has 16 heavy (non-hydrogen) atoms. The summed E-state index contributed by atoms with van der Waals surface area (Å²) >= 11 is 0. The molecule has 0 aromatic carbocycles. The summed E-state index contributed by atoms with van der Waals surface area (Å²) in [7, 11) is 4.02. The largest absolute Gasteiger partial charge is 0.385 e. The minimum atomic E-state index is 0.595. The lowest BCUT2D eigenvalue weighted by molar-refractivity contribution is 0.0784. The maximum absolute atomic E-state index is 5.88. The SMILES string of the molecule is COCCC(C)N(C)C1CCCCC1CN. The van der Waals surface area contributed by atoms with E-state index in [1.165, 1.54) is 25.7 Å². The summed E-state index contributed by atoms with van der Waals surface area (Å²) in [5, 5.41) is 0. The van der Waals surface area contributed by atoms with Crippen LogP contribution in [0.25, 0.3) is 0 Å². The van der Waals surface area contributed by atoms with Crippen molar-refractivity contribution in [1.29, 1.82) is 0 Å². The fourth-order valence-electron chi connectivity index (χ4n) is 2.82. The zero-order chi connectivity index (χ0) is 12.0. The van der Waals surface area contributed by atoms with E-state index in [0.29, 0.717) is 18.0 Å². The fraction of sp³-hybridized carbons (Fsp3) is 1.00. The van der Waals surface area contributed by atoms with Crippen molar-refractivity contribution in [3.05, 3.63) is 0 Å². The highest BCUT2D eigenvalue weighted by atomic mass is 16.5. The average molecular weight is 228 g/mol. The molecule has 3 nitrogen and oxygen atoms in total. The van der Waals surface area contributed by atoms with Gasteiger partial charge in [-0.25, -0.2) is 0 Å². The van der Waals surface area contributed by atoms with E-state index in [0.717, 1.165) is 19.6 Å². The van der Waals surface area contributed by atoms with Crippen LogP contribution in [-0.4, -0.2) is 44.3 Å². The van der Waals surface area contributed by atoms with E-state index in [4.69, 9.17) is 10.5 Å². The predicted octanol–water partition coefficient (Wildman–Crippen LogP) is 1.86. The molecule has 1 fully saturated rings. The van der Waals surface area contributed by atoms with E-state index in [9.17, 15) is 0 Å². The molecule has 3 atom stereocenters. The summed E-state index contributed by atoms with van der Waals surface area (Å²) in [6, 6.07) is 1.28. The predicted molar refractivity (Wildman–Crippen MR) is 68.5 cm³/mol. The molecular weight excluding hydrogens is 200 g/mol. The second-order valence-electron chi connectivity index (χ2n) is 5.14. The van der Waals surface area contributed by atoms with Gasteiger partial charge >= 0.3 is 0 Å². The van der Waals surface area contributed by atoms with Crippen molar-refractivity contribution in [1.82, 2.24) is 4.90 Å². The first-order valence-corrected chi connectivity index (χ1v) is 6.61. The molecule has 3 unspecified atom stereocenters. The third kappa shape index (κ3) is 3.72. The summed E-state index contributed by atoms with van der Waals surface area (Å²) in [6.45, 7) is 3.98. The van der Waals surface area contributed by atoms with Crippen molar-refractivity contribution in [2.24, 2.45) is 11.7 Å². The van der Waals surface area contributed by atoms with Crippen LogP contribution in [0.2, 0.25) is 0 Å². The lowest BCUT2D eigenvalue weighted by atomic mass is 9.83. The highest BCUT2D eigenvalue weighted by Crippen LogP contribution is 2.28. The Kier molecular flexibility index (Phi) is 6.32. The zero-order valence-corrected chi connectivity index (χ0v) is 11.1. The van der Waals surface area contributed by atoms with Crippen molar-refractivity contribution in [2.45, 2.75) is 51.1 Å². The Hall–Kier alpha value is -0.120. The maximum Gasteiger partial charge on any atom is 0.0477 e. The van der Waals surface area contributed by atoms with Gasteiger partial charge in [-0.05, 0) is 45.7 Å². The normalized spacial score (nSPS) is 28.3. The van der Waals surface area contributed by atoms with Crippen LogP contribution in [0.5, 0.6) is 0 Å². The van der Waals surface area contributed by atoms with Gasteiger partial charge in [0.2, 0.25) is 0 Å². The molecule has 0 heterocycles. The first-order chi connectivity index (χ1) is 7.70. The Morgan fingerprint density at radius 3 is 2.69 bits per heavy atom. The van der Waals surface area contributed by atoms with Crippen LogP contribution < -0.4 is 5.73 Å². The van der Waals surface area contributed by atoms with E-state index < -0.39 is 0 Å². The molecule has 96 valence electrons. The minimum Gasteiger partial charge on any atom is -0.385 e. The molecule has 0 aliphatic heterocycles. The third-order valence-electron chi connectivity index (χ3n) is 4.13. The Morgan fingerprint density at radius 2 is 2.06 bits per heavy atom. The standard InChI is InChI=1S/C13H28N2O/c1-11(8-9-16-3)15(2)13-7-5-4-6-12(13)10-14/h11-13H,4-10,14H2,1-3H3. The van der Waals surface area contributed by atoms with Gasteiger partial charge in [0, 0.05) is 25.8 Å². The molecule has 1 saturated carbocycles. The molecule has 0 aromatic rings. The van der Waals surface area contributed by atoms with Crippen LogP contribution >= 0.6 is 0 Å². The van der Waals surface area contributed by atoms with Crippen LogP contribution in [0.4, 0.5) is 0 Å². The summed E-state index contributed by atoms with van der Waals surface area (Å²) in [5.41, 5.74) is 5.88. The van der Waals surface area contributed by atoms with Crippen molar-refractivity contribution >= 4 is 0 Å². The molecule has 0 aromatic heterocycles. The van der Waals surface area contributed by atoms with Gasteiger partial charge in [0.25, 0.3) is 0 Å². The minimum absolute atomic E-state index is 0.595. The van der Waals surface area contributed by atoms with E-state index in [1.807, 2.05) is 0 Å². The number of nitrogens with zero attached hydrogens (tertiary/aromatic N) is 1. The van der Waals surface area contributed by atoms with Crippen molar-refractivity contribution < 1.29 is 4.74 Å². The van der Waals surface area contributed by atoms with Crippen LogP contribution in [0, 0.1) is 5.92 Å². The first kappa shape index (κ1) is 13.9. The Bertz CT molecular complexity index is 187. The van der Waals surface area contributed by atoms with E-state index in [1.54, 1.807) is 7.11 Å². The zero-order valence-electron chi connectivity index (χ0n) is 11.1. The Morgan fingerprint density at radius 1 is 1.38 bits per heavy atom. The summed E-state index contributed by atoms with van der Waals surface area (Å²) < 4.78 is 5.15. The van der Waals surface area contributed by atoms with E-state index >= 15 is 0 Å².